The fourth-order valence-corrected chi connectivity index (χ4v) is 4.20. The van der Waals surface area contributed by atoms with Crippen molar-refractivity contribution in [3.8, 4) is 5.69 Å². The van der Waals surface area contributed by atoms with Gasteiger partial charge in [0, 0.05) is 22.8 Å². The molecule has 7 heteroatoms. The van der Waals surface area contributed by atoms with Gasteiger partial charge in [0.1, 0.15) is 4.83 Å². The van der Waals surface area contributed by atoms with E-state index in [1.165, 1.54) is 11.3 Å². The van der Waals surface area contributed by atoms with Crippen LogP contribution in [0.2, 0.25) is 5.02 Å². The molecule has 0 aliphatic carbocycles. The highest BCUT2D eigenvalue weighted by atomic mass is 35.5. The molecule has 136 valence electrons. The maximum Gasteiger partial charge on any atom is 0.261 e. The zero-order valence-electron chi connectivity index (χ0n) is 14.8. The normalized spacial score (nSPS) is 12.3. The molecule has 0 radical (unpaired) electrons. The number of rotatable bonds is 4. The smallest absolute Gasteiger partial charge is 0.261 e. The molecule has 0 aliphatic heterocycles. The molecule has 0 saturated heterocycles. The lowest BCUT2D eigenvalue weighted by Crippen LogP contribution is -2.25. The SMILES string of the molecule is Cc1nn(-c2cccc(Cl)c2)c2sc(C(=O)N[C@H](C)c3cccnc3)cc12. The fraction of sp³-hybridized carbons (Fsp3) is 0.150. The third-order valence-corrected chi connectivity index (χ3v) is 5.70. The Labute approximate surface area is 165 Å². The van der Waals surface area contributed by atoms with Crippen molar-refractivity contribution in [2.75, 3.05) is 0 Å². The monoisotopic (exact) mass is 396 g/mol. The minimum atomic E-state index is -0.123. The van der Waals surface area contributed by atoms with Gasteiger partial charge in [-0.25, -0.2) is 4.68 Å². The average Bonchev–Trinajstić information content (AvgIpc) is 3.23. The van der Waals surface area contributed by atoms with Crippen LogP contribution in [0.25, 0.3) is 15.9 Å². The predicted molar refractivity (Wildman–Crippen MR) is 109 cm³/mol. The standard InChI is InChI=1S/C20H17ClN4OS/c1-12(14-5-4-8-22-11-14)23-19(26)18-10-17-13(2)24-25(20(17)27-18)16-7-3-6-15(21)9-16/h3-12H,1-2H3,(H,23,26)/t12-/m1/s1. The van der Waals surface area contributed by atoms with Gasteiger partial charge in [-0.3, -0.25) is 9.78 Å². The number of hydrogen-bond acceptors (Lipinski definition) is 4. The quantitative estimate of drug-likeness (QED) is 0.531. The first-order chi connectivity index (χ1) is 13.0. The van der Waals surface area contributed by atoms with E-state index in [0.717, 1.165) is 27.2 Å². The molecule has 4 aromatic rings. The van der Waals surface area contributed by atoms with Gasteiger partial charge in [-0.15, -0.1) is 11.3 Å². The van der Waals surface area contributed by atoms with E-state index in [1.54, 1.807) is 12.4 Å². The van der Waals surface area contributed by atoms with Gasteiger partial charge in [0.15, 0.2) is 0 Å². The van der Waals surface area contributed by atoms with Crippen LogP contribution in [0.5, 0.6) is 0 Å². The fourth-order valence-electron chi connectivity index (χ4n) is 2.93. The first kappa shape index (κ1) is 17.7. The molecule has 4 rings (SSSR count). The van der Waals surface area contributed by atoms with Gasteiger partial charge in [-0.2, -0.15) is 5.10 Å². The van der Waals surface area contributed by atoms with Crippen molar-refractivity contribution in [2.24, 2.45) is 0 Å². The molecular formula is C20H17ClN4OS. The number of aromatic nitrogens is 3. The van der Waals surface area contributed by atoms with Gasteiger partial charge >= 0.3 is 0 Å². The van der Waals surface area contributed by atoms with E-state index in [9.17, 15) is 4.79 Å². The van der Waals surface area contributed by atoms with Gasteiger partial charge in [0.25, 0.3) is 5.91 Å². The summed E-state index contributed by atoms with van der Waals surface area (Å²) in [6, 6.07) is 13.1. The lowest BCUT2D eigenvalue weighted by atomic mass is 10.1. The molecule has 0 fully saturated rings. The van der Waals surface area contributed by atoms with E-state index in [2.05, 4.69) is 15.4 Å². The van der Waals surface area contributed by atoms with Crippen molar-refractivity contribution in [1.29, 1.82) is 0 Å². The summed E-state index contributed by atoms with van der Waals surface area (Å²) in [5.41, 5.74) is 2.71. The number of thiophene rings is 1. The molecule has 1 aromatic carbocycles. The second kappa shape index (κ2) is 7.13. The third kappa shape index (κ3) is 3.46. The minimum Gasteiger partial charge on any atom is -0.345 e. The number of halogens is 1. The van der Waals surface area contributed by atoms with E-state index in [0.29, 0.717) is 9.90 Å². The number of benzene rings is 1. The van der Waals surface area contributed by atoms with Gasteiger partial charge in [-0.1, -0.05) is 23.7 Å². The minimum absolute atomic E-state index is 0.107. The summed E-state index contributed by atoms with van der Waals surface area (Å²) in [6.45, 7) is 3.89. The van der Waals surface area contributed by atoms with Crippen LogP contribution in [0, 0.1) is 6.92 Å². The van der Waals surface area contributed by atoms with Gasteiger partial charge in [0.05, 0.1) is 22.3 Å². The van der Waals surface area contributed by atoms with Crippen LogP contribution in [0.4, 0.5) is 0 Å². The van der Waals surface area contributed by atoms with Crippen LogP contribution in [0.1, 0.15) is 33.9 Å². The predicted octanol–water partition coefficient (Wildman–Crippen LogP) is 4.93. The number of amides is 1. The van der Waals surface area contributed by atoms with Crippen molar-refractivity contribution >= 4 is 39.1 Å². The first-order valence-corrected chi connectivity index (χ1v) is 9.68. The van der Waals surface area contributed by atoms with Crippen molar-refractivity contribution in [3.63, 3.8) is 0 Å². The van der Waals surface area contributed by atoms with Crippen molar-refractivity contribution in [2.45, 2.75) is 19.9 Å². The molecule has 0 saturated carbocycles. The molecule has 0 aliphatic rings. The zero-order chi connectivity index (χ0) is 19.0. The second-order valence-electron chi connectivity index (χ2n) is 6.29. The Bertz CT molecular complexity index is 1120. The molecule has 5 nitrogen and oxygen atoms in total. The van der Waals surface area contributed by atoms with Gasteiger partial charge in [-0.05, 0) is 49.7 Å². The maximum atomic E-state index is 12.7. The molecule has 27 heavy (non-hydrogen) atoms. The Morgan fingerprint density at radius 3 is 2.85 bits per heavy atom. The number of pyridine rings is 1. The molecule has 1 N–H and O–H groups in total. The van der Waals surface area contributed by atoms with E-state index >= 15 is 0 Å². The molecular weight excluding hydrogens is 380 g/mol. The number of carbonyl (C=O) groups excluding carboxylic acids is 1. The third-order valence-electron chi connectivity index (χ3n) is 4.35. The summed E-state index contributed by atoms with van der Waals surface area (Å²) in [7, 11) is 0. The molecule has 1 atom stereocenters. The lowest BCUT2D eigenvalue weighted by Gasteiger charge is -2.12. The van der Waals surface area contributed by atoms with E-state index in [-0.39, 0.29) is 11.9 Å². The largest absolute Gasteiger partial charge is 0.345 e. The summed E-state index contributed by atoms with van der Waals surface area (Å²) in [5.74, 6) is -0.107. The van der Waals surface area contributed by atoms with Crippen molar-refractivity contribution < 1.29 is 4.79 Å². The summed E-state index contributed by atoms with van der Waals surface area (Å²) in [6.07, 6.45) is 3.48. The van der Waals surface area contributed by atoms with Crippen LogP contribution in [-0.4, -0.2) is 20.7 Å². The van der Waals surface area contributed by atoms with E-state index in [1.807, 2.05) is 61.0 Å². The Kier molecular flexibility index (Phi) is 4.68. The number of fused-ring (bicyclic) bond motifs is 1. The van der Waals surface area contributed by atoms with Crippen LogP contribution in [0.3, 0.4) is 0 Å². The highest BCUT2D eigenvalue weighted by molar-refractivity contribution is 7.20. The molecule has 0 spiro atoms. The Morgan fingerprint density at radius 1 is 1.26 bits per heavy atom. The van der Waals surface area contributed by atoms with Gasteiger partial charge < -0.3 is 5.32 Å². The summed E-state index contributed by atoms with van der Waals surface area (Å²) in [4.78, 5) is 18.4. The van der Waals surface area contributed by atoms with Gasteiger partial charge in [0.2, 0.25) is 0 Å². The number of nitrogens with one attached hydrogen (secondary N) is 1. The van der Waals surface area contributed by atoms with Crippen molar-refractivity contribution in [1.82, 2.24) is 20.1 Å². The number of carbonyl (C=O) groups is 1. The highest BCUT2D eigenvalue weighted by Crippen LogP contribution is 2.31. The Hall–Kier alpha value is -2.70. The summed E-state index contributed by atoms with van der Waals surface area (Å²) >= 11 is 7.54. The van der Waals surface area contributed by atoms with E-state index in [4.69, 9.17) is 11.6 Å². The molecule has 0 unspecified atom stereocenters. The summed E-state index contributed by atoms with van der Waals surface area (Å²) < 4.78 is 1.84. The second-order valence-corrected chi connectivity index (χ2v) is 7.76. The topological polar surface area (TPSA) is 59.8 Å². The van der Waals surface area contributed by atoms with Crippen molar-refractivity contribution in [3.05, 3.63) is 76.0 Å². The molecule has 3 heterocycles. The Balaban J connectivity index is 1.66. The number of aryl methyl sites for hydroxylation is 1. The van der Waals surface area contributed by atoms with Crippen LogP contribution in [-0.2, 0) is 0 Å². The van der Waals surface area contributed by atoms with E-state index < -0.39 is 0 Å². The lowest BCUT2D eigenvalue weighted by molar-refractivity contribution is 0.0944. The molecule has 3 aromatic heterocycles. The first-order valence-electron chi connectivity index (χ1n) is 8.49. The number of hydrogen-bond donors (Lipinski definition) is 1. The number of nitrogens with zero attached hydrogens (tertiary/aromatic N) is 3. The van der Waals surface area contributed by atoms with Crippen LogP contribution >= 0.6 is 22.9 Å². The summed E-state index contributed by atoms with van der Waals surface area (Å²) in [5, 5.41) is 9.25. The average molecular weight is 397 g/mol. The van der Waals surface area contributed by atoms with Crippen LogP contribution in [0.15, 0.2) is 54.9 Å². The Morgan fingerprint density at radius 2 is 2.11 bits per heavy atom. The highest BCUT2D eigenvalue weighted by Gasteiger charge is 2.19. The maximum absolute atomic E-state index is 12.7. The molecule has 1 amide bonds. The zero-order valence-corrected chi connectivity index (χ0v) is 16.4. The van der Waals surface area contributed by atoms with Crippen LogP contribution < -0.4 is 5.32 Å². The molecule has 0 bridgehead atoms.